The summed E-state index contributed by atoms with van der Waals surface area (Å²) >= 11 is 0. The smallest absolute Gasteiger partial charge is 0.270 e. The second kappa shape index (κ2) is 7.61. The maximum absolute atomic E-state index is 12.3. The summed E-state index contributed by atoms with van der Waals surface area (Å²) in [5.74, 6) is -0.885. The molecule has 1 aliphatic heterocycles. The van der Waals surface area contributed by atoms with E-state index in [4.69, 9.17) is 0 Å². The first kappa shape index (κ1) is 18.0. The highest BCUT2D eigenvalue weighted by molar-refractivity contribution is 7.91. The van der Waals surface area contributed by atoms with E-state index in [0.717, 1.165) is 5.56 Å². The van der Waals surface area contributed by atoms with Gasteiger partial charge < -0.3 is 10.6 Å². The topological polar surface area (TPSA) is 118 Å². The molecule has 1 saturated heterocycles. The van der Waals surface area contributed by atoms with Crippen LogP contribution in [0.3, 0.4) is 0 Å². The van der Waals surface area contributed by atoms with Crippen LogP contribution in [0.15, 0.2) is 42.7 Å². The van der Waals surface area contributed by atoms with E-state index in [1.54, 1.807) is 30.6 Å². The second-order valence-electron chi connectivity index (χ2n) is 6.02. The molecule has 3 heterocycles. The zero-order valence-electron chi connectivity index (χ0n) is 13.9. The van der Waals surface area contributed by atoms with Gasteiger partial charge in [-0.25, -0.2) is 13.4 Å². The number of amides is 2. The fourth-order valence-electron chi connectivity index (χ4n) is 2.63. The molecule has 8 nitrogen and oxygen atoms in total. The molecule has 1 atom stereocenters. The van der Waals surface area contributed by atoms with E-state index in [2.05, 4.69) is 20.6 Å². The predicted octanol–water partition coefficient (Wildman–Crippen LogP) is 0.323. The SMILES string of the molecule is O=C(NCc1ccncc1)c1cccc(C(=O)NC2CCS(=O)(=O)C2)n1. The highest BCUT2D eigenvalue weighted by atomic mass is 32.2. The van der Waals surface area contributed by atoms with Gasteiger partial charge in [-0.2, -0.15) is 0 Å². The molecular formula is C17H18N4O4S. The third kappa shape index (κ3) is 4.63. The van der Waals surface area contributed by atoms with Gasteiger partial charge in [-0.3, -0.25) is 14.6 Å². The Kier molecular flexibility index (Phi) is 5.27. The molecule has 1 fully saturated rings. The molecule has 2 N–H and O–H groups in total. The third-order valence-electron chi connectivity index (χ3n) is 3.98. The Morgan fingerprint density at radius 2 is 1.77 bits per heavy atom. The van der Waals surface area contributed by atoms with Crippen LogP contribution in [0.25, 0.3) is 0 Å². The van der Waals surface area contributed by atoms with E-state index in [-0.39, 0.29) is 22.9 Å². The standard InChI is InChI=1S/C17H18N4O4S/c22-16(19-10-12-4-7-18-8-5-12)14-2-1-3-15(21-14)17(23)20-13-6-9-26(24,25)11-13/h1-5,7-8,13H,6,9-11H2,(H,19,22)(H,20,23). The summed E-state index contributed by atoms with van der Waals surface area (Å²) in [5.41, 5.74) is 1.08. The van der Waals surface area contributed by atoms with Gasteiger partial charge in [0.2, 0.25) is 0 Å². The van der Waals surface area contributed by atoms with Crippen LogP contribution in [0, 0.1) is 0 Å². The lowest BCUT2D eigenvalue weighted by Crippen LogP contribution is -2.36. The number of rotatable bonds is 5. The summed E-state index contributed by atoms with van der Waals surface area (Å²) in [6, 6.07) is 7.71. The average Bonchev–Trinajstić information content (AvgIpc) is 2.99. The van der Waals surface area contributed by atoms with Gasteiger partial charge in [0, 0.05) is 25.0 Å². The molecule has 1 unspecified atom stereocenters. The Morgan fingerprint density at radius 1 is 1.08 bits per heavy atom. The third-order valence-corrected chi connectivity index (χ3v) is 5.75. The summed E-state index contributed by atoms with van der Waals surface area (Å²) in [6.45, 7) is 0.319. The Hall–Kier alpha value is -2.81. The van der Waals surface area contributed by atoms with E-state index in [9.17, 15) is 18.0 Å². The highest BCUT2D eigenvalue weighted by Gasteiger charge is 2.29. The van der Waals surface area contributed by atoms with Crippen LogP contribution in [0.4, 0.5) is 0 Å². The van der Waals surface area contributed by atoms with Gasteiger partial charge in [-0.1, -0.05) is 6.07 Å². The van der Waals surface area contributed by atoms with Crippen LogP contribution in [-0.2, 0) is 16.4 Å². The van der Waals surface area contributed by atoms with Gasteiger partial charge in [-0.05, 0) is 36.2 Å². The summed E-state index contributed by atoms with van der Waals surface area (Å²) in [5, 5.41) is 5.38. The lowest BCUT2D eigenvalue weighted by Gasteiger charge is -2.11. The molecule has 0 aromatic carbocycles. The lowest BCUT2D eigenvalue weighted by atomic mass is 10.2. The van der Waals surface area contributed by atoms with Crippen LogP contribution in [0.1, 0.15) is 33.0 Å². The zero-order chi connectivity index (χ0) is 18.6. The number of aromatic nitrogens is 2. The van der Waals surface area contributed by atoms with Gasteiger partial charge in [0.25, 0.3) is 11.8 Å². The first-order valence-corrected chi connectivity index (χ1v) is 9.90. The molecule has 3 rings (SSSR count). The number of carbonyl (C=O) groups excluding carboxylic acids is 2. The Bertz CT molecular complexity index is 915. The van der Waals surface area contributed by atoms with Crippen molar-refractivity contribution in [3.8, 4) is 0 Å². The fraction of sp³-hybridized carbons (Fsp3) is 0.294. The van der Waals surface area contributed by atoms with Gasteiger partial charge in [0.15, 0.2) is 9.84 Å². The molecule has 0 aliphatic carbocycles. The van der Waals surface area contributed by atoms with Crippen molar-refractivity contribution < 1.29 is 18.0 Å². The Labute approximate surface area is 151 Å². The number of carbonyl (C=O) groups is 2. The maximum Gasteiger partial charge on any atom is 0.270 e. The van der Waals surface area contributed by atoms with E-state index < -0.39 is 27.7 Å². The molecule has 1 aliphatic rings. The van der Waals surface area contributed by atoms with Crippen molar-refractivity contribution in [3.63, 3.8) is 0 Å². The fourth-order valence-corrected chi connectivity index (χ4v) is 4.30. The zero-order valence-corrected chi connectivity index (χ0v) is 14.7. The average molecular weight is 374 g/mol. The summed E-state index contributed by atoms with van der Waals surface area (Å²) in [6.07, 6.45) is 3.65. The number of hydrogen-bond donors (Lipinski definition) is 2. The van der Waals surface area contributed by atoms with Crippen LogP contribution < -0.4 is 10.6 Å². The van der Waals surface area contributed by atoms with E-state index in [0.29, 0.717) is 13.0 Å². The van der Waals surface area contributed by atoms with Gasteiger partial charge in [-0.15, -0.1) is 0 Å². The predicted molar refractivity (Wildman–Crippen MR) is 94.2 cm³/mol. The molecule has 0 saturated carbocycles. The molecule has 2 aromatic heterocycles. The minimum Gasteiger partial charge on any atom is -0.347 e. The normalized spacial score (nSPS) is 18.2. The maximum atomic E-state index is 12.3. The van der Waals surface area contributed by atoms with Crippen LogP contribution in [-0.4, -0.2) is 47.7 Å². The van der Waals surface area contributed by atoms with Crippen molar-refractivity contribution in [2.75, 3.05) is 11.5 Å². The van der Waals surface area contributed by atoms with Gasteiger partial charge in [0.05, 0.1) is 11.5 Å². The van der Waals surface area contributed by atoms with Crippen molar-refractivity contribution in [2.45, 2.75) is 19.0 Å². The number of nitrogens with one attached hydrogen (secondary N) is 2. The molecule has 0 spiro atoms. The van der Waals surface area contributed by atoms with Crippen LogP contribution in [0.2, 0.25) is 0 Å². The van der Waals surface area contributed by atoms with Crippen molar-refractivity contribution in [1.82, 2.24) is 20.6 Å². The molecular weight excluding hydrogens is 356 g/mol. The molecule has 136 valence electrons. The summed E-state index contributed by atoms with van der Waals surface area (Å²) < 4.78 is 22.9. The van der Waals surface area contributed by atoms with Crippen molar-refractivity contribution >= 4 is 21.7 Å². The second-order valence-corrected chi connectivity index (χ2v) is 8.25. The molecule has 2 aromatic rings. The van der Waals surface area contributed by atoms with E-state index in [1.165, 1.54) is 12.1 Å². The first-order valence-electron chi connectivity index (χ1n) is 8.08. The molecule has 2 amide bonds. The highest BCUT2D eigenvalue weighted by Crippen LogP contribution is 2.12. The van der Waals surface area contributed by atoms with E-state index in [1.807, 2.05) is 0 Å². The van der Waals surface area contributed by atoms with Gasteiger partial charge >= 0.3 is 0 Å². The Morgan fingerprint density at radius 3 is 2.42 bits per heavy atom. The molecule has 0 bridgehead atoms. The lowest BCUT2D eigenvalue weighted by molar-refractivity contribution is 0.0934. The van der Waals surface area contributed by atoms with Crippen molar-refractivity contribution in [3.05, 3.63) is 59.7 Å². The monoisotopic (exact) mass is 374 g/mol. The quantitative estimate of drug-likeness (QED) is 0.778. The number of sulfone groups is 1. The van der Waals surface area contributed by atoms with Crippen LogP contribution >= 0.6 is 0 Å². The molecule has 0 radical (unpaired) electrons. The number of pyridine rings is 2. The summed E-state index contributed by atoms with van der Waals surface area (Å²) in [4.78, 5) is 32.5. The largest absolute Gasteiger partial charge is 0.347 e. The van der Waals surface area contributed by atoms with Crippen molar-refractivity contribution in [2.24, 2.45) is 0 Å². The summed E-state index contributed by atoms with van der Waals surface area (Å²) in [7, 11) is -3.08. The number of nitrogens with zero attached hydrogens (tertiary/aromatic N) is 2. The number of hydrogen-bond acceptors (Lipinski definition) is 6. The van der Waals surface area contributed by atoms with Gasteiger partial charge in [0.1, 0.15) is 11.4 Å². The minimum atomic E-state index is -3.08. The molecule has 9 heteroatoms. The minimum absolute atomic E-state index is 0.0646. The van der Waals surface area contributed by atoms with Crippen LogP contribution in [0.5, 0.6) is 0 Å². The van der Waals surface area contributed by atoms with E-state index >= 15 is 0 Å². The van der Waals surface area contributed by atoms with Crippen molar-refractivity contribution in [1.29, 1.82) is 0 Å². The first-order chi connectivity index (χ1) is 12.4. The Balaban J connectivity index is 1.62. The molecule has 26 heavy (non-hydrogen) atoms.